The van der Waals surface area contributed by atoms with Gasteiger partial charge in [0.05, 0.1) is 0 Å². The first kappa shape index (κ1) is 16.8. The quantitative estimate of drug-likeness (QED) is 0.595. The predicted molar refractivity (Wildman–Crippen MR) is 89.4 cm³/mol. The minimum Gasteiger partial charge on any atom is -0.301 e. The number of aryl methyl sites for hydroxylation is 2. The zero-order valence-corrected chi connectivity index (χ0v) is 14.1. The van der Waals surface area contributed by atoms with E-state index in [9.17, 15) is 9.59 Å². The molecule has 0 atom stereocenters. The molecule has 6 nitrogen and oxygen atoms in total. The third-order valence-corrected chi connectivity index (χ3v) is 4.95. The fourth-order valence-electron chi connectivity index (χ4n) is 1.87. The highest BCUT2D eigenvalue weighted by molar-refractivity contribution is 8.76. The van der Waals surface area contributed by atoms with Gasteiger partial charge in [0, 0.05) is 23.5 Å². The Bertz CT molecular complexity index is 679. The topological polar surface area (TPSA) is 91.5 Å². The summed E-state index contributed by atoms with van der Waals surface area (Å²) in [5.74, 6) is 0. The minimum absolute atomic E-state index is 0.111. The van der Waals surface area contributed by atoms with Gasteiger partial charge >= 0.3 is 0 Å². The average Bonchev–Trinajstić information content (AvgIpc) is 2.50. The first-order chi connectivity index (χ1) is 10.6. The van der Waals surface area contributed by atoms with E-state index >= 15 is 0 Å². The molecule has 118 valence electrons. The molecular formula is C14H18N4O2S2. The Labute approximate surface area is 136 Å². The van der Waals surface area contributed by atoms with Crippen LogP contribution in [0.25, 0.3) is 0 Å². The summed E-state index contributed by atoms with van der Waals surface area (Å²) < 4.78 is 0. The summed E-state index contributed by atoms with van der Waals surface area (Å²) in [5, 5.41) is 0.991. The molecule has 2 heterocycles. The Balaban J connectivity index is 2.04. The van der Waals surface area contributed by atoms with Crippen LogP contribution in [0.2, 0.25) is 0 Å². The lowest BCUT2D eigenvalue weighted by Gasteiger charge is -2.02. The number of hydrogen-bond acceptors (Lipinski definition) is 6. The van der Waals surface area contributed by atoms with Gasteiger partial charge in [-0.05, 0) is 34.4 Å². The molecule has 0 aliphatic carbocycles. The molecule has 0 aliphatic rings. The van der Waals surface area contributed by atoms with Crippen molar-refractivity contribution in [2.45, 2.75) is 49.8 Å². The van der Waals surface area contributed by atoms with Crippen LogP contribution in [-0.2, 0) is 12.8 Å². The molecule has 0 amide bonds. The second kappa shape index (κ2) is 8.19. The maximum absolute atomic E-state index is 11.8. The van der Waals surface area contributed by atoms with E-state index in [1.165, 1.54) is 21.6 Å². The Morgan fingerprint density at radius 2 is 1.27 bits per heavy atom. The van der Waals surface area contributed by atoms with E-state index < -0.39 is 0 Å². The lowest BCUT2D eigenvalue weighted by atomic mass is 10.2. The Kier molecular flexibility index (Phi) is 6.26. The van der Waals surface area contributed by atoms with Crippen molar-refractivity contribution in [1.29, 1.82) is 0 Å². The summed E-state index contributed by atoms with van der Waals surface area (Å²) in [6.45, 7) is 4.03. The van der Waals surface area contributed by atoms with E-state index in [0.29, 0.717) is 34.3 Å². The van der Waals surface area contributed by atoms with E-state index in [4.69, 9.17) is 0 Å². The van der Waals surface area contributed by atoms with E-state index in [0.717, 1.165) is 12.8 Å². The van der Waals surface area contributed by atoms with Gasteiger partial charge in [-0.1, -0.05) is 26.7 Å². The molecule has 2 aromatic rings. The molecule has 22 heavy (non-hydrogen) atoms. The summed E-state index contributed by atoms with van der Waals surface area (Å²) in [6.07, 6.45) is 6.45. The summed E-state index contributed by atoms with van der Waals surface area (Å²) in [5.41, 5.74) is 1.15. The van der Waals surface area contributed by atoms with Crippen molar-refractivity contribution in [3.8, 4) is 0 Å². The van der Waals surface area contributed by atoms with Crippen molar-refractivity contribution in [3.05, 3.63) is 44.2 Å². The van der Waals surface area contributed by atoms with Crippen LogP contribution in [0, 0.1) is 0 Å². The molecule has 0 saturated carbocycles. The second-order valence-corrected chi connectivity index (χ2v) is 6.86. The van der Waals surface area contributed by atoms with Crippen LogP contribution in [0.15, 0.2) is 32.3 Å². The van der Waals surface area contributed by atoms with Crippen molar-refractivity contribution in [3.63, 3.8) is 0 Å². The minimum atomic E-state index is -0.111. The molecule has 0 spiro atoms. The second-order valence-electron chi connectivity index (χ2n) is 4.75. The Morgan fingerprint density at radius 1 is 0.864 bits per heavy atom. The third-order valence-electron chi connectivity index (χ3n) is 2.94. The number of aromatic amines is 2. The highest BCUT2D eigenvalue weighted by Crippen LogP contribution is 2.31. The molecule has 2 rings (SSSR count). The van der Waals surface area contributed by atoms with Crippen molar-refractivity contribution < 1.29 is 0 Å². The summed E-state index contributed by atoms with van der Waals surface area (Å²) in [4.78, 5) is 37.5. The average molecular weight is 338 g/mol. The first-order valence-electron chi connectivity index (χ1n) is 7.15. The van der Waals surface area contributed by atoms with Gasteiger partial charge in [0.15, 0.2) is 10.3 Å². The van der Waals surface area contributed by atoms with Crippen molar-refractivity contribution in [2.24, 2.45) is 0 Å². The predicted octanol–water partition coefficient (Wildman–Crippen LogP) is 2.56. The van der Waals surface area contributed by atoms with Crippen molar-refractivity contribution in [2.75, 3.05) is 0 Å². The van der Waals surface area contributed by atoms with E-state index in [-0.39, 0.29) is 11.1 Å². The van der Waals surface area contributed by atoms with E-state index in [1.807, 2.05) is 13.8 Å². The molecule has 2 N–H and O–H groups in total. The summed E-state index contributed by atoms with van der Waals surface area (Å²) in [6, 6.07) is 0. The maximum atomic E-state index is 11.8. The van der Waals surface area contributed by atoms with Gasteiger partial charge in [-0.25, -0.2) is 9.97 Å². The maximum Gasteiger partial charge on any atom is 0.254 e. The molecule has 0 saturated heterocycles. The van der Waals surface area contributed by atoms with Crippen LogP contribution in [0.4, 0.5) is 0 Å². The summed E-state index contributed by atoms with van der Waals surface area (Å²) >= 11 is 0. The van der Waals surface area contributed by atoms with Gasteiger partial charge in [-0.15, -0.1) is 0 Å². The molecule has 0 unspecified atom stereocenters. The molecule has 0 radical (unpaired) electrons. The number of H-pyrrole nitrogens is 2. The number of aromatic nitrogens is 4. The van der Waals surface area contributed by atoms with E-state index in [2.05, 4.69) is 19.9 Å². The fraction of sp³-hybridized carbons (Fsp3) is 0.429. The van der Waals surface area contributed by atoms with Crippen LogP contribution < -0.4 is 11.1 Å². The standard InChI is InChI=1S/C14H18N4O2S2/c1-3-5-9-7-15-13(17-11(9)19)21-22-14-16-8-10(6-4-2)12(20)18-14/h7-8H,3-6H2,1-2H3,(H,15,17,19)(H,16,18,20). The third kappa shape index (κ3) is 4.48. The van der Waals surface area contributed by atoms with Crippen LogP contribution in [0.5, 0.6) is 0 Å². The molecule has 0 bridgehead atoms. The molecule has 2 aromatic heterocycles. The monoisotopic (exact) mass is 338 g/mol. The number of rotatable bonds is 7. The van der Waals surface area contributed by atoms with Crippen molar-refractivity contribution in [1.82, 2.24) is 19.9 Å². The normalized spacial score (nSPS) is 10.8. The zero-order chi connectivity index (χ0) is 15.9. The molecular weight excluding hydrogens is 320 g/mol. The van der Waals surface area contributed by atoms with Crippen LogP contribution in [0.1, 0.15) is 37.8 Å². The van der Waals surface area contributed by atoms with Gasteiger partial charge in [0.1, 0.15) is 0 Å². The highest BCUT2D eigenvalue weighted by atomic mass is 33.1. The fourth-order valence-corrected chi connectivity index (χ4v) is 3.47. The van der Waals surface area contributed by atoms with Gasteiger partial charge in [0.2, 0.25) is 0 Å². The van der Waals surface area contributed by atoms with Crippen LogP contribution in [0.3, 0.4) is 0 Å². The SMILES string of the molecule is CCCc1cnc(SSc2ncc(CCC)c(=O)[nH]2)[nH]c1=O. The van der Waals surface area contributed by atoms with Gasteiger partial charge < -0.3 is 9.97 Å². The molecule has 0 aliphatic heterocycles. The Morgan fingerprint density at radius 3 is 1.59 bits per heavy atom. The molecule has 0 fully saturated rings. The van der Waals surface area contributed by atoms with Gasteiger partial charge in [-0.3, -0.25) is 9.59 Å². The largest absolute Gasteiger partial charge is 0.301 e. The number of nitrogens with one attached hydrogen (secondary N) is 2. The summed E-state index contributed by atoms with van der Waals surface area (Å²) in [7, 11) is 2.52. The molecule has 0 aromatic carbocycles. The smallest absolute Gasteiger partial charge is 0.254 e. The van der Waals surface area contributed by atoms with Crippen LogP contribution >= 0.6 is 21.6 Å². The Hall–Kier alpha value is -1.54. The lowest BCUT2D eigenvalue weighted by molar-refractivity contribution is 0.842. The highest BCUT2D eigenvalue weighted by Gasteiger charge is 2.06. The number of hydrogen-bond donors (Lipinski definition) is 2. The van der Waals surface area contributed by atoms with Crippen LogP contribution in [-0.4, -0.2) is 19.9 Å². The molecule has 8 heteroatoms. The van der Waals surface area contributed by atoms with Crippen molar-refractivity contribution >= 4 is 21.6 Å². The lowest BCUT2D eigenvalue weighted by Crippen LogP contribution is -2.14. The first-order valence-corrected chi connectivity index (χ1v) is 9.30. The van der Waals surface area contributed by atoms with E-state index in [1.54, 1.807) is 12.4 Å². The van der Waals surface area contributed by atoms with Gasteiger partial charge in [0.25, 0.3) is 11.1 Å². The number of nitrogens with zero attached hydrogens (tertiary/aromatic N) is 2. The zero-order valence-electron chi connectivity index (χ0n) is 12.5. The van der Waals surface area contributed by atoms with Gasteiger partial charge in [-0.2, -0.15) is 0 Å².